The summed E-state index contributed by atoms with van der Waals surface area (Å²) in [7, 11) is 0. The summed E-state index contributed by atoms with van der Waals surface area (Å²) in [5.41, 5.74) is 0. The van der Waals surface area contributed by atoms with Gasteiger partial charge in [0.2, 0.25) is 0 Å². The molecule has 0 radical (unpaired) electrons. The summed E-state index contributed by atoms with van der Waals surface area (Å²) >= 11 is 0. The average molecular weight is 127 g/mol. The highest BCUT2D eigenvalue weighted by Gasteiger charge is 2.15. The summed E-state index contributed by atoms with van der Waals surface area (Å²) in [6, 6.07) is 0. The molecule has 1 saturated heterocycles. The van der Waals surface area contributed by atoms with E-state index in [-0.39, 0.29) is 0 Å². The topological polar surface area (TPSA) is 12.0 Å². The van der Waals surface area contributed by atoms with Crippen molar-refractivity contribution < 1.29 is 0 Å². The molecular formula is C8H17N. The maximum absolute atomic E-state index is 3.44. The van der Waals surface area contributed by atoms with E-state index in [9.17, 15) is 0 Å². The van der Waals surface area contributed by atoms with Crippen LogP contribution in [0, 0.1) is 11.8 Å². The lowest BCUT2D eigenvalue weighted by Gasteiger charge is -2.26. The molecule has 1 unspecified atom stereocenters. The zero-order valence-corrected chi connectivity index (χ0v) is 6.48. The van der Waals surface area contributed by atoms with Crippen LogP contribution in [0.4, 0.5) is 0 Å². The minimum absolute atomic E-state index is 0.906. The largest absolute Gasteiger partial charge is 0.316 e. The first-order chi connectivity index (χ1) is 4.33. The standard InChI is InChI=1S/C8H17N/c1-3-8-4-7(2)5-9-6-8/h7-9H,3-6H2,1-2H3/t7-,8?/m1/s1. The molecule has 1 fully saturated rings. The first-order valence-electron chi connectivity index (χ1n) is 4.03. The van der Waals surface area contributed by atoms with Gasteiger partial charge in [0.15, 0.2) is 0 Å². The Labute approximate surface area is 57.8 Å². The molecule has 1 heterocycles. The second kappa shape index (κ2) is 3.21. The van der Waals surface area contributed by atoms with Gasteiger partial charge in [0.25, 0.3) is 0 Å². The maximum atomic E-state index is 3.44. The normalized spacial score (nSPS) is 36.7. The molecule has 0 aromatic heterocycles. The van der Waals surface area contributed by atoms with Gasteiger partial charge in [-0.2, -0.15) is 0 Å². The Bertz CT molecular complexity index is 80.6. The predicted octanol–water partition coefficient (Wildman–Crippen LogP) is 1.64. The van der Waals surface area contributed by atoms with Crippen LogP contribution in [0.3, 0.4) is 0 Å². The molecule has 0 aromatic carbocycles. The number of nitrogens with one attached hydrogen (secondary N) is 1. The molecule has 1 aliphatic rings. The van der Waals surface area contributed by atoms with E-state index in [0.29, 0.717) is 0 Å². The molecule has 0 aromatic rings. The van der Waals surface area contributed by atoms with Crippen molar-refractivity contribution in [3.63, 3.8) is 0 Å². The molecule has 1 nitrogen and oxygen atoms in total. The van der Waals surface area contributed by atoms with Crippen LogP contribution in [0.2, 0.25) is 0 Å². The Morgan fingerprint density at radius 1 is 1.44 bits per heavy atom. The van der Waals surface area contributed by atoms with Crippen molar-refractivity contribution in [1.29, 1.82) is 0 Å². The van der Waals surface area contributed by atoms with Crippen LogP contribution in [0.25, 0.3) is 0 Å². The summed E-state index contributed by atoms with van der Waals surface area (Å²) in [6.45, 7) is 7.09. The molecule has 1 heteroatoms. The van der Waals surface area contributed by atoms with E-state index in [4.69, 9.17) is 0 Å². The molecule has 0 aliphatic carbocycles. The highest BCUT2D eigenvalue weighted by atomic mass is 14.9. The van der Waals surface area contributed by atoms with E-state index in [1.807, 2.05) is 0 Å². The minimum atomic E-state index is 0.906. The van der Waals surface area contributed by atoms with Crippen molar-refractivity contribution in [2.75, 3.05) is 13.1 Å². The van der Waals surface area contributed by atoms with Gasteiger partial charge >= 0.3 is 0 Å². The van der Waals surface area contributed by atoms with E-state index >= 15 is 0 Å². The van der Waals surface area contributed by atoms with Gasteiger partial charge in [0.1, 0.15) is 0 Å². The maximum Gasteiger partial charge on any atom is -0.00204 e. The van der Waals surface area contributed by atoms with E-state index in [2.05, 4.69) is 19.2 Å². The van der Waals surface area contributed by atoms with Crippen LogP contribution in [0.15, 0.2) is 0 Å². The van der Waals surface area contributed by atoms with Crippen LogP contribution >= 0.6 is 0 Å². The molecule has 1 N–H and O–H groups in total. The van der Waals surface area contributed by atoms with Crippen molar-refractivity contribution in [2.45, 2.75) is 26.7 Å². The van der Waals surface area contributed by atoms with Crippen LogP contribution < -0.4 is 5.32 Å². The predicted molar refractivity (Wildman–Crippen MR) is 40.4 cm³/mol. The van der Waals surface area contributed by atoms with Crippen LogP contribution in [-0.2, 0) is 0 Å². The van der Waals surface area contributed by atoms with Crippen LogP contribution in [0.1, 0.15) is 26.7 Å². The molecule has 1 rings (SSSR count). The van der Waals surface area contributed by atoms with E-state index in [1.54, 1.807) is 0 Å². The molecule has 2 atom stereocenters. The summed E-state index contributed by atoms with van der Waals surface area (Å²) in [5, 5.41) is 3.44. The lowest BCUT2D eigenvalue weighted by molar-refractivity contribution is 0.296. The molecule has 0 saturated carbocycles. The molecule has 54 valence electrons. The van der Waals surface area contributed by atoms with Crippen LogP contribution in [0.5, 0.6) is 0 Å². The number of rotatable bonds is 1. The third-order valence-electron chi connectivity index (χ3n) is 2.24. The summed E-state index contributed by atoms with van der Waals surface area (Å²) in [4.78, 5) is 0. The molecule has 0 amide bonds. The lowest BCUT2D eigenvalue weighted by Crippen LogP contribution is -2.34. The third-order valence-corrected chi connectivity index (χ3v) is 2.24. The van der Waals surface area contributed by atoms with Gasteiger partial charge in [-0.25, -0.2) is 0 Å². The molecular weight excluding hydrogens is 110 g/mol. The van der Waals surface area contributed by atoms with Gasteiger partial charge in [-0.15, -0.1) is 0 Å². The van der Waals surface area contributed by atoms with Crippen molar-refractivity contribution in [1.82, 2.24) is 5.32 Å². The zero-order chi connectivity index (χ0) is 6.69. The van der Waals surface area contributed by atoms with Gasteiger partial charge < -0.3 is 5.32 Å². The van der Waals surface area contributed by atoms with E-state index in [1.165, 1.54) is 25.9 Å². The Morgan fingerprint density at radius 2 is 2.22 bits per heavy atom. The Morgan fingerprint density at radius 3 is 2.67 bits per heavy atom. The fourth-order valence-electron chi connectivity index (χ4n) is 1.58. The highest BCUT2D eigenvalue weighted by Crippen LogP contribution is 2.17. The molecule has 1 aliphatic heterocycles. The molecule has 9 heavy (non-hydrogen) atoms. The summed E-state index contributed by atoms with van der Waals surface area (Å²) in [6.07, 6.45) is 2.78. The Kier molecular flexibility index (Phi) is 2.52. The van der Waals surface area contributed by atoms with Crippen molar-refractivity contribution >= 4 is 0 Å². The molecule has 0 spiro atoms. The first kappa shape index (κ1) is 7.07. The monoisotopic (exact) mass is 127 g/mol. The molecule has 0 bridgehead atoms. The van der Waals surface area contributed by atoms with E-state index in [0.717, 1.165) is 11.8 Å². The van der Waals surface area contributed by atoms with Gasteiger partial charge in [0.05, 0.1) is 0 Å². The van der Waals surface area contributed by atoms with Gasteiger partial charge in [-0.3, -0.25) is 0 Å². The quantitative estimate of drug-likeness (QED) is 0.564. The highest BCUT2D eigenvalue weighted by molar-refractivity contribution is 4.71. The fraction of sp³-hybridized carbons (Fsp3) is 1.00. The van der Waals surface area contributed by atoms with Crippen molar-refractivity contribution in [3.8, 4) is 0 Å². The van der Waals surface area contributed by atoms with Gasteiger partial charge in [0, 0.05) is 0 Å². The average Bonchev–Trinajstić information content (AvgIpc) is 1.88. The third kappa shape index (κ3) is 1.98. The van der Waals surface area contributed by atoms with Crippen LogP contribution in [-0.4, -0.2) is 13.1 Å². The smallest absolute Gasteiger partial charge is 0.00204 e. The SMILES string of the molecule is CCC1CNC[C@H](C)C1. The van der Waals surface area contributed by atoms with Gasteiger partial charge in [-0.05, 0) is 31.3 Å². The summed E-state index contributed by atoms with van der Waals surface area (Å²) < 4.78 is 0. The number of hydrogen-bond donors (Lipinski definition) is 1. The van der Waals surface area contributed by atoms with E-state index < -0.39 is 0 Å². The fourth-order valence-corrected chi connectivity index (χ4v) is 1.58. The Balaban J connectivity index is 2.23. The second-order valence-electron chi connectivity index (χ2n) is 3.27. The van der Waals surface area contributed by atoms with Crippen molar-refractivity contribution in [2.24, 2.45) is 11.8 Å². The zero-order valence-electron chi connectivity index (χ0n) is 6.48. The summed E-state index contributed by atoms with van der Waals surface area (Å²) in [5.74, 6) is 1.86. The minimum Gasteiger partial charge on any atom is -0.316 e. The van der Waals surface area contributed by atoms with Gasteiger partial charge in [-0.1, -0.05) is 20.3 Å². The Hall–Kier alpha value is -0.0400. The van der Waals surface area contributed by atoms with Crippen molar-refractivity contribution in [3.05, 3.63) is 0 Å². The lowest BCUT2D eigenvalue weighted by atomic mass is 9.90. The number of hydrogen-bond acceptors (Lipinski definition) is 1. The number of piperidine rings is 1. The first-order valence-corrected chi connectivity index (χ1v) is 4.03. The second-order valence-corrected chi connectivity index (χ2v) is 3.27.